The Bertz CT molecular complexity index is 145. The van der Waals surface area contributed by atoms with Gasteiger partial charge in [0, 0.05) is 26.2 Å². The Kier molecular flexibility index (Phi) is 3.95. The molecular weight excluding hydrogens is 132 g/mol. The summed E-state index contributed by atoms with van der Waals surface area (Å²) < 4.78 is 0. The fraction of sp³-hybridized carbons (Fsp3) is 0.333. The van der Waals surface area contributed by atoms with E-state index in [1.54, 1.807) is 0 Å². The van der Waals surface area contributed by atoms with Crippen molar-refractivity contribution < 1.29 is 9.59 Å². The van der Waals surface area contributed by atoms with Gasteiger partial charge in [-0.3, -0.25) is 9.59 Å². The van der Waals surface area contributed by atoms with Crippen molar-refractivity contribution in [2.75, 3.05) is 0 Å². The molecule has 0 saturated carbocycles. The van der Waals surface area contributed by atoms with Gasteiger partial charge in [0.2, 0.25) is 11.8 Å². The smallest absolute Gasteiger partial charge is 0.220 e. The van der Waals surface area contributed by atoms with E-state index in [9.17, 15) is 9.59 Å². The number of amides is 2. The SMILES string of the molecule is CC(=O)NC=CNC(C)=O. The van der Waals surface area contributed by atoms with Crippen LogP contribution in [0, 0.1) is 0 Å². The van der Waals surface area contributed by atoms with Gasteiger partial charge in [0.25, 0.3) is 0 Å². The van der Waals surface area contributed by atoms with Gasteiger partial charge >= 0.3 is 0 Å². The molecule has 2 amide bonds. The summed E-state index contributed by atoms with van der Waals surface area (Å²) in [4.78, 5) is 20.4. The normalized spacial score (nSPS) is 9.40. The summed E-state index contributed by atoms with van der Waals surface area (Å²) in [6.07, 6.45) is 2.73. The summed E-state index contributed by atoms with van der Waals surface area (Å²) in [7, 11) is 0. The van der Waals surface area contributed by atoms with E-state index in [0.717, 1.165) is 0 Å². The Hall–Kier alpha value is -1.32. The van der Waals surface area contributed by atoms with Crippen LogP contribution in [0.1, 0.15) is 13.8 Å². The Morgan fingerprint density at radius 1 is 1.00 bits per heavy atom. The van der Waals surface area contributed by atoms with Crippen LogP contribution in [-0.2, 0) is 9.59 Å². The highest BCUT2D eigenvalue weighted by Gasteiger charge is 1.83. The lowest BCUT2D eigenvalue weighted by molar-refractivity contribution is -0.119. The van der Waals surface area contributed by atoms with Gasteiger partial charge < -0.3 is 10.6 Å². The van der Waals surface area contributed by atoms with Crippen LogP contribution in [0.3, 0.4) is 0 Å². The van der Waals surface area contributed by atoms with Crippen molar-refractivity contribution in [1.82, 2.24) is 10.6 Å². The molecule has 0 aromatic heterocycles. The molecule has 0 aromatic rings. The fourth-order valence-electron chi connectivity index (χ4n) is 0.318. The maximum Gasteiger partial charge on any atom is 0.220 e. The first kappa shape index (κ1) is 8.68. The minimum Gasteiger partial charge on any atom is -0.331 e. The third-order valence-electron chi connectivity index (χ3n) is 0.657. The summed E-state index contributed by atoms with van der Waals surface area (Å²) >= 11 is 0. The van der Waals surface area contributed by atoms with Crippen LogP contribution < -0.4 is 10.6 Å². The molecule has 0 atom stereocenters. The van der Waals surface area contributed by atoms with Crippen molar-refractivity contribution in [3.8, 4) is 0 Å². The molecule has 56 valence electrons. The van der Waals surface area contributed by atoms with Gasteiger partial charge in [-0.15, -0.1) is 0 Å². The Balaban J connectivity index is 3.38. The standard InChI is InChI=1S/C6H10N2O2/c1-5(9)7-3-4-8-6(2)10/h3-4H,1-2H3,(H,7,9)(H,8,10). The zero-order valence-electron chi connectivity index (χ0n) is 5.97. The molecule has 0 bridgehead atoms. The summed E-state index contributed by atoms with van der Waals surface area (Å²) in [5.41, 5.74) is 0. The molecule has 10 heavy (non-hydrogen) atoms. The Morgan fingerprint density at radius 3 is 1.50 bits per heavy atom. The molecule has 0 saturated heterocycles. The first-order valence-corrected chi connectivity index (χ1v) is 2.82. The first-order chi connectivity index (χ1) is 4.63. The maximum absolute atomic E-state index is 10.2. The minimum atomic E-state index is -0.165. The van der Waals surface area contributed by atoms with Gasteiger partial charge in [-0.2, -0.15) is 0 Å². The summed E-state index contributed by atoms with van der Waals surface area (Å²) in [5.74, 6) is -0.330. The van der Waals surface area contributed by atoms with Gasteiger partial charge in [0.15, 0.2) is 0 Å². The quantitative estimate of drug-likeness (QED) is 0.557. The van der Waals surface area contributed by atoms with E-state index in [-0.39, 0.29) is 11.8 Å². The minimum absolute atomic E-state index is 0.165. The third-order valence-corrected chi connectivity index (χ3v) is 0.657. The number of carbonyl (C=O) groups is 2. The molecule has 0 rings (SSSR count). The molecule has 0 spiro atoms. The summed E-state index contributed by atoms with van der Waals surface area (Å²) in [5, 5.41) is 4.73. The number of carbonyl (C=O) groups excluding carboxylic acids is 2. The van der Waals surface area contributed by atoms with Crippen LogP contribution >= 0.6 is 0 Å². The van der Waals surface area contributed by atoms with Crippen molar-refractivity contribution in [3.05, 3.63) is 12.4 Å². The predicted molar refractivity (Wildman–Crippen MR) is 36.8 cm³/mol. The zero-order valence-corrected chi connectivity index (χ0v) is 5.97. The third kappa shape index (κ3) is 6.68. The number of hydrogen-bond donors (Lipinski definition) is 2. The largest absolute Gasteiger partial charge is 0.331 e. The topological polar surface area (TPSA) is 58.2 Å². The molecule has 0 unspecified atom stereocenters. The van der Waals surface area contributed by atoms with Crippen molar-refractivity contribution in [1.29, 1.82) is 0 Å². The monoisotopic (exact) mass is 142 g/mol. The second-order valence-electron chi connectivity index (χ2n) is 1.73. The summed E-state index contributed by atoms with van der Waals surface area (Å²) in [6.45, 7) is 2.77. The van der Waals surface area contributed by atoms with Crippen molar-refractivity contribution in [2.24, 2.45) is 0 Å². The number of hydrogen-bond acceptors (Lipinski definition) is 2. The van der Waals surface area contributed by atoms with Crippen LogP contribution in [-0.4, -0.2) is 11.8 Å². The molecule has 0 aliphatic heterocycles. The van der Waals surface area contributed by atoms with Crippen LogP contribution in [0.4, 0.5) is 0 Å². The lowest BCUT2D eigenvalue weighted by atomic mass is 10.6. The summed E-state index contributed by atoms with van der Waals surface area (Å²) in [6, 6.07) is 0. The van der Waals surface area contributed by atoms with Crippen LogP contribution in [0.25, 0.3) is 0 Å². The van der Waals surface area contributed by atoms with Gasteiger partial charge in [-0.05, 0) is 0 Å². The van der Waals surface area contributed by atoms with E-state index in [1.165, 1.54) is 26.2 Å². The van der Waals surface area contributed by atoms with Gasteiger partial charge in [0.05, 0.1) is 0 Å². The molecule has 0 aliphatic carbocycles. The van der Waals surface area contributed by atoms with Gasteiger partial charge in [-0.25, -0.2) is 0 Å². The van der Waals surface area contributed by atoms with Crippen molar-refractivity contribution in [2.45, 2.75) is 13.8 Å². The van der Waals surface area contributed by atoms with Gasteiger partial charge in [-0.1, -0.05) is 0 Å². The average Bonchev–Trinajstić information content (AvgIpc) is 1.79. The van der Waals surface area contributed by atoms with Crippen LogP contribution in [0.15, 0.2) is 12.4 Å². The number of rotatable bonds is 2. The van der Waals surface area contributed by atoms with Gasteiger partial charge in [0.1, 0.15) is 0 Å². The number of nitrogens with one attached hydrogen (secondary N) is 2. The second-order valence-corrected chi connectivity index (χ2v) is 1.73. The highest BCUT2D eigenvalue weighted by atomic mass is 16.2. The Morgan fingerprint density at radius 2 is 1.30 bits per heavy atom. The van der Waals surface area contributed by atoms with E-state index in [0.29, 0.717) is 0 Å². The van der Waals surface area contributed by atoms with Crippen molar-refractivity contribution >= 4 is 11.8 Å². The lowest BCUT2D eigenvalue weighted by Gasteiger charge is -1.91. The lowest BCUT2D eigenvalue weighted by Crippen LogP contribution is -2.16. The molecule has 0 aliphatic rings. The zero-order chi connectivity index (χ0) is 7.98. The highest BCUT2D eigenvalue weighted by molar-refractivity contribution is 5.75. The molecule has 0 fully saturated rings. The van der Waals surface area contributed by atoms with E-state index < -0.39 is 0 Å². The van der Waals surface area contributed by atoms with Crippen LogP contribution in [0.5, 0.6) is 0 Å². The average molecular weight is 142 g/mol. The van der Waals surface area contributed by atoms with Crippen LogP contribution in [0.2, 0.25) is 0 Å². The molecule has 4 heteroatoms. The Labute approximate surface area is 59.3 Å². The second kappa shape index (κ2) is 4.55. The predicted octanol–water partition coefficient (Wildman–Crippen LogP) is -0.270. The first-order valence-electron chi connectivity index (χ1n) is 2.82. The molecule has 4 nitrogen and oxygen atoms in total. The van der Waals surface area contributed by atoms with E-state index >= 15 is 0 Å². The van der Waals surface area contributed by atoms with Crippen molar-refractivity contribution in [3.63, 3.8) is 0 Å². The maximum atomic E-state index is 10.2. The van der Waals surface area contributed by atoms with E-state index in [1.807, 2.05) is 0 Å². The van der Waals surface area contributed by atoms with E-state index in [4.69, 9.17) is 0 Å². The molecular formula is C6H10N2O2. The molecule has 0 heterocycles. The highest BCUT2D eigenvalue weighted by Crippen LogP contribution is 1.64. The van der Waals surface area contributed by atoms with E-state index in [2.05, 4.69) is 10.6 Å². The molecule has 2 N–H and O–H groups in total. The molecule has 0 aromatic carbocycles. The fourth-order valence-corrected chi connectivity index (χ4v) is 0.318. The molecule has 0 radical (unpaired) electrons.